The Morgan fingerprint density at radius 1 is 1.44 bits per heavy atom. The fourth-order valence-corrected chi connectivity index (χ4v) is 2.73. The van der Waals surface area contributed by atoms with Gasteiger partial charge in [0.2, 0.25) is 5.95 Å². The molecule has 0 radical (unpaired) electrons. The number of imidazole rings is 1. The lowest BCUT2D eigenvalue weighted by atomic mass is 10.2. The molecule has 0 amide bonds. The van der Waals surface area contributed by atoms with Crippen molar-refractivity contribution in [1.82, 2.24) is 14.5 Å². The number of benzene rings is 1. The van der Waals surface area contributed by atoms with E-state index < -0.39 is 0 Å². The largest absolute Gasteiger partial charge is 0.369 e. The Kier molecular flexibility index (Phi) is 2.52. The number of thiazole rings is 1. The van der Waals surface area contributed by atoms with Crippen molar-refractivity contribution in [2.45, 2.75) is 13.0 Å². The van der Waals surface area contributed by atoms with Gasteiger partial charge in [0.25, 0.3) is 0 Å². The first-order chi connectivity index (χ1) is 8.66. The summed E-state index contributed by atoms with van der Waals surface area (Å²) in [6.07, 6.45) is 1.76. The molecule has 6 heteroatoms. The maximum atomic E-state index is 13.2. The second kappa shape index (κ2) is 4.06. The number of nitrogen functional groups attached to an aromatic ring is 1. The zero-order valence-electron chi connectivity index (χ0n) is 9.67. The van der Waals surface area contributed by atoms with Gasteiger partial charge < -0.3 is 10.3 Å². The predicted molar refractivity (Wildman–Crippen MR) is 70.0 cm³/mol. The van der Waals surface area contributed by atoms with Crippen LogP contribution in [0.1, 0.15) is 18.0 Å². The van der Waals surface area contributed by atoms with E-state index in [1.54, 1.807) is 23.6 Å². The predicted octanol–water partition coefficient (Wildman–Crippen LogP) is 2.82. The van der Waals surface area contributed by atoms with Crippen LogP contribution in [0.3, 0.4) is 0 Å². The summed E-state index contributed by atoms with van der Waals surface area (Å²) in [5.41, 5.74) is 7.30. The number of aromatic nitrogens is 3. The summed E-state index contributed by atoms with van der Waals surface area (Å²) in [7, 11) is 0. The molecule has 18 heavy (non-hydrogen) atoms. The quantitative estimate of drug-likeness (QED) is 0.772. The third-order valence-corrected chi connectivity index (χ3v) is 3.82. The zero-order valence-corrected chi connectivity index (χ0v) is 10.5. The minimum Gasteiger partial charge on any atom is -0.369 e. The Labute approximate surface area is 107 Å². The number of nitrogens with zero attached hydrogens (tertiary/aromatic N) is 3. The van der Waals surface area contributed by atoms with E-state index in [9.17, 15) is 4.39 Å². The molecule has 4 nitrogen and oxygen atoms in total. The maximum Gasteiger partial charge on any atom is 0.201 e. The fourth-order valence-electron chi connectivity index (χ4n) is 2.05. The molecule has 2 heterocycles. The van der Waals surface area contributed by atoms with Crippen molar-refractivity contribution in [3.05, 3.63) is 40.6 Å². The monoisotopic (exact) mass is 262 g/mol. The van der Waals surface area contributed by atoms with Crippen LogP contribution < -0.4 is 5.73 Å². The Bertz CT molecular complexity index is 689. The number of rotatable bonds is 2. The minimum atomic E-state index is -0.311. The van der Waals surface area contributed by atoms with Gasteiger partial charge in [0.1, 0.15) is 10.8 Å². The lowest BCUT2D eigenvalue weighted by Crippen LogP contribution is -2.09. The molecule has 0 aliphatic heterocycles. The summed E-state index contributed by atoms with van der Waals surface area (Å²) in [6, 6.07) is 4.48. The highest BCUT2D eigenvalue weighted by molar-refractivity contribution is 7.09. The number of fused-ring (bicyclic) bond motifs is 1. The molecular weight excluding hydrogens is 251 g/mol. The van der Waals surface area contributed by atoms with Crippen molar-refractivity contribution in [1.29, 1.82) is 0 Å². The molecule has 0 fully saturated rings. The molecule has 0 bridgehead atoms. The number of hydrogen-bond acceptors (Lipinski definition) is 4. The molecule has 3 aromatic rings. The molecule has 2 N–H and O–H groups in total. The molecule has 0 aliphatic rings. The molecule has 92 valence electrons. The molecule has 1 atom stereocenters. The van der Waals surface area contributed by atoms with Crippen molar-refractivity contribution in [2.75, 3.05) is 5.73 Å². The van der Waals surface area contributed by atoms with Gasteiger partial charge in [-0.1, -0.05) is 0 Å². The highest BCUT2D eigenvalue weighted by atomic mass is 32.1. The van der Waals surface area contributed by atoms with E-state index in [1.807, 2.05) is 16.9 Å². The third-order valence-electron chi connectivity index (χ3n) is 2.87. The summed E-state index contributed by atoms with van der Waals surface area (Å²) < 4.78 is 15.0. The van der Waals surface area contributed by atoms with E-state index in [4.69, 9.17) is 5.73 Å². The Morgan fingerprint density at radius 3 is 3.00 bits per heavy atom. The topological polar surface area (TPSA) is 56.7 Å². The van der Waals surface area contributed by atoms with Crippen LogP contribution in [0.2, 0.25) is 0 Å². The smallest absolute Gasteiger partial charge is 0.201 e. The summed E-state index contributed by atoms with van der Waals surface area (Å²) in [6.45, 7) is 2.00. The molecule has 0 saturated heterocycles. The van der Waals surface area contributed by atoms with Gasteiger partial charge >= 0.3 is 0 Å². The maximum absolute atomic E-state index is 13.2. The molecule has 3 rings (SSSR count). The lowest BCUT2D eigenvalue weighted by Gasteiger charge is -2.13. The van der Waals surface area contributed by atoms with Crippen LogP contribution >= 0.6 is 11.3 Å². The standard InChI is InChI=1S/C12H11FN4S/c1-7(11-15-4-5-18-11)17-10-3-2-8(13)6-9(10)16-12(17)14/h2-7H,1H3,(H2,14,16). The van der Waals surface area contributed by atoms with Gasteiger partial charge in [-0.15, -0.1) is 11.3 Å². The first kappa shape index (κ1) is 11.2. The van der Waals surface area contributed by atoms with Crippen LogP contribution in [0.4, 0.5) is 10.3 Å². The van der Waals surface area contributed by atoms with Crippen molar-refractivity contribution in [3.63, 3.8) is 0 Å². The van der Waals surface area contributed by atoms with Crippen LogP contribution in [0, 0.1) is 5.82 Å². The Morgan fingerprint density at radius 2 is 2.28 bits per heavy atom. The Hall–Kier alpha value is -1.95. The highest BCUT2D eigenvalue weighted by Crippen LogP contribution is 2.28. The van der Waals surface area contributed by atoms with E-state index in [0.717, 1.165) is 10.5 Å². The third kappa shape index (κ3) is 1.65. The first-order valence-corrected chi connectivity index (χ1v) is 6.37. The van der Waals surface area contributed by atoms with Gasteiger partial charge in [0.15, 0.2) is 0 Å². The molecule has 0 spiro atoms. The first-order valence-electron chi connectivity index (χ1n) is 5.49. The molecule has 2 aromatic heterocycles. The average Bonchev–Trinajstić information content (AvgIpc) is 2.94. The van der Waals surface area contributed by atoms with Crippen LogP contribution in [-0.2, 0) is 0 Å². The van der Waals surface area contributed by atoms with E-state index in [0.29, 0.717) is 11.5 Å². The summed E-state index contributed by atoms with van der Waals surface area (Å²) in [5.74, 6) is 0.0624. The van der Waals surface area contributed by atoms with E-state index >= 15 is 0 Å². The molecule has 1 unspecified atom stereocenters. The number of nitrogens with two attached hydrogens (primary N) is 1. The van der Waals surface area contributed by atoms with Crippen molar-refractivity contribution in [3.8, 4) is 0 Å². The van der Waals surface area contributed by atoms with Gasteiger partial charge in [-0.3, -0.25) is 0 Å². The second-order valence-corrected chi connectivity index (χ2v) is 4.95. The van der Waals surface area contributed by atoms with E-state index in [2.05, 4.69) is 9.97 Å². The molecule has 1 aromatic carbocycles. The van der Waals surface area contributed by atoms with Crippen LogP contribution in [0.5, 0.6) is 0 Å². The second-order valence-electron chi connectivity index (χ2n) is 4.02. The molecular formula is C12H11FN4S. The number of hydrogen-bond donors (Lipinski definition) is 1. The van der Waals surface area contributed by atoms with Gasteiger partial charge in [-0.25, -0.2) is 14.4 Å². The van der Waals surface area contributed by atoms with Crippen molar-refractivity contribution >= 4 is 28.3 Å². The van der Waals surface area contributed by atoms with Gasteiger partial charge in [-0.2, -0.15) is 0 Å². The SMILES string of the molecule is CC(c1nccs1)n1c(N)nc2cc(F)ccc21. The van der Waals surface area contributed by atoms with Crippen molar-refractivity contribution < 1.29 is 4.39 Å². The summed E-state index contributed by atoms with van der Waals surface area (Å²) >= 11 is 1.56. The number of halogens is 1. The summed E-state index contributed by atoms with van der Waals surface area (Å²) in [4.78, 5) is 8.46. The van der Waals surface area contributed by atoms with Gasteiger partial charge in [0.05, 0.1) is 17.1 Å². The van der Waals surface area contributed by atoms with Gasteiger partial charge in [-0.05, 0) is 19.1 Å². The number of anilines is 1. The van der Waals surface area contributed by atoms with E-state index in [1.165, 1.54) is 12.1 Å². The average molecular weight is 262 g/mol. The molecule has 0 aliphatic carbocycles. The normalized spacial score (nSPS) is 13.0. The Balaban J connectivity index is 2.19. The van der Waals surface area contributed by atoms with Crippen LogP contribution in [0.15, 0.2) is 29.8 Å². The minimum absolute atomic E-state index is 0.0135. The highest BCUT2D eigenvalue weighted by Gasteiger charge is 2.17. The van der Waals surface area contributed by atoms with Crippen LogP contribution in [0.25, 0.3) is 11.0 Å². The fraction of sp³-hybridized carbons (Fsp3) is 0.167. The van der Waals surface area contributed by atoms with Gasteiger partial charge in [0, 0.05) is 17.6 Å². The van der Waals surface area contributed by atoms with Crippen molar-refractivity contribution in [2.24, 2.45) is 0 Å². The lowest BCUT2D eigenvalue weighted by molar-refractivity contribution is 0.628. The summed E-state index contributed by atoms with van der Waals surface area (Å²) in [5, 5.41) is 2.87. The van der Waals surface area contributed by atoms with E-state index in [-0.39, 0.29) is 11.9 Å². The zero-order chi connectivity index (χ0) is 12.7. The molecule has 0 saturated carbocycles. The van der Waals surface area contributed by atoms with Crippen LogP contribution in [-0.4, -0.2) is 14.5 Å².